The van der Waals surface area contributed by atoms with E-state index in [1.165, 1.54) is 0 Å². The fraction of sp³-hybridized carbons (Fsp3) is 0.263. The molecule has 2 amide bonds. The molecule has 0 bridgehead atoms. The topological polar surface area (TPSA) is 79.5 Å². The summed E-state index contributed by atoms with van der Waals surface area (Å²) in [6, 6.07) is 16.3. The first kappa shape index (κ1) is 18.5. The van der Waals surface area contributed by atoms with Crippen LogP contribution in [-0.2, 0) is 9.53 Å². The third kappa shape index (κ3) is 6.64. The Morgan fingerprint density at radius 2 is 1.76 bits per heavy atom. The maximum absolute atomic E-state index is 12.2. The van der Waals surface area contributed by atoms with E-state index in [2.05, 4.69) is 16.0 Å². The van der Waals surface area contributed by atoms with Gasteiger partial charge in [0.2, 0.25) is 5.91 Å². The average molecular weight is 341 g/mol. The van der Waals surface area contributed by atoms with Crippen molar-refractivity contribution in [2.24, 2.45) is 0 Å². The van der Waals surface area contributed by atoms with Gasteiger partial charge >= 0.3 is 0 Å². The van der Waals surface area contributed by atoms with E-state index in [0.717, 1.165) is 12.1 Å². The second-order valence-electron chi connectivity index (χ2n) is 5.45. The average Bonchev–Trinajstić information content (AvgIpc) is 2.64. The summed E-state index contributed by atoms with van der Waals surface area (Å²) in [5.41, 5.74) is 2.02. The standard InChI is InChI=1S/C19H23N3O3/c1-25-12-6-11-20-18(23)14-21-16-9-5-10-17(13-16)22-19(24)15-7-3-2-4-8-15/h2-5,7-10,13,21H,6,11-12,14H2,1H3,(H,20,23)(H,22,24). The lowest BCUT2D eigenvalue weighted by molar-refractivity contribution is -0.119. The van der Waals surface area contributed by atoms with Crippen LogP contribution in [0.1, 0.15) is 16.8 Å². The summed E-state index contributed by atoms with van der Waals surface area (Å²) in [6.07, 6.45) is 0.781. The molecule has 132 valence electrons. The molecule has 2 rings (SSSR count). The highest BCUT2D eigenvalue weighted by Gasteiger charge is 2.06. The Morgan fingerprint density at radius 3 is 2.52 bits per heavy atom. The first-order valence-corrected chi connectivity index (χ1v) is 8.15. The minimum atomic E-state index is -0.173. The van der Waals surface area contributed by atoms with Gasteiger partial charge in [0, 0.05) is 37.2 Å². The fourth-order valence-electron chi connectivity index (χ4n) is 2.19. The molecule has 6 heteroatoms. The molecule has 0 atom stereocenters. The van der Waals surface area contributed by atoms with Crippen molar-refractivity contribution in [1.29, 1.82) is 0 Å². The molecule has 6 nitrogen and oxygen atoms in total. The molecule has 25 heavy (non-hydrogen) atoms. The number of rotatable bonds is 9. The SMILES string of the molecule is COCCCNC(=O)CNc1cccc(NC(=O)c2ccccc2)c1. The van der Waals surface area contributed by atoms with Crippen molar-refractivity contribution in [3.05, 3.63) is 60.2 Å². The minimum Gasteiger partial charge on any atom is -0.385 e. The molecule has 0 spiro atoms. The van der Waals surface area contributed by atoms with Gasteiger partial charge in [-0.15, -0.1) is 0 Å². The maximum atomic E-state index is 12.2. The molecule has 0 saturated carbocycles. The zero-order chi connectivity index (χ0) is 17.9. The lowest BCUT2D eigenvalue weighted by Crippen LogP contribution is -2.31. The van der Waals surface area contributed by atoms with Crippen LogP contribution in [0.15, 0.2) is 54.6 Å². The monoisotopic (exact) mass is 341 g/mol. The number of carbonyl (C=O) groups excluding carboxylic acids is 2. The van der Waals surface area contributed by atoms with E-state index in [-0.39, 0.29) is 18.4 Å². The number of methoxy groups -OCH3 is 1. The van der Waals surface area contributed by atoms with Gasteiger partial charge in [-0.05, 0) is 36.8 Å². The van der Waals surface area contributed by atoms with Crippen LogP contribution in [-0.4, -0.2) is 38.6 Å². The van der Waals surface area contributed by atoms with Crippen LogP contribution in [0, 0.1) is 0 Å². The molecule has 0 fully saturated rings. The zero-order valence-electron chi connectivity index (χ0n) is 14.2. The number of benzene rings is 2. The molecule has 2 aromatic carbocycles. The van der Waals surface area contributed by atoms with E-state index in [0.29, 0.717) is 24.4 Å². The van der Waals surface area contributed by atoms with E-state index >= 15 is 0 Å². The number of hydrogen-bond acceptors (Lipinski definition) is 4. The summed E-state index contributed by atoms with van der Waals surface area (Å²) >= 11 is 0. The molecule has 0 aliphatic heterocycles. The van der Waals surface area contributed by atoms with Crippen LogP contribution in [0.3, 0.4) is 0 Å². The van der Waals surface area contributed by atoms with Crippen molar-refractivity contribution in [2.45, 2.75) is 6.42 Å². The van der Waals surface area contributed by atoms with Crippen LogP contribution in [0.4, 0.5) is 11.4 Å². The van der Waals surface area contributed by atoms with Crippen LogP contribution >= 0.6 is 0 Å². The van der Waals surface area contributed by atoms with Crippen LogP contribution in [0.2, 0.25) is 0 Å². The molecule has 0 aromatic heterocycles. The van der Waals surface area contributed by atoms with Crippen molar-refractivity contribution >= 4 is 23.2 Å². The third-order valence-corrected chi connectivity index (χ3v) is 3.46. The molecule has 0 heterocycles. The summed E-state index contributed by atoms with van der Waals surface area (Å²) in [6.45, 7) is 1.38. The van der Waals surface area contributed by atoms with Crippen molar-refractivity contribution in [3.8, 4) is 0 Å². The molecular weight excluding hydrogens is 318 g/mol. The largest absolute Gasteiger partial charge is 0.385 e. The number of ether oxygens (including phenoxy) is 1. The van der Waals surface area contributed by atoms with E-state index < -0.39 is 0 Å². The van der Waals surface area contributed by atoms with E-state index in [4.69, 9.17) is 4.74 Å². The van der Waals surface area contributed by atoms with Gasteiger partial charge in [0.15, 0.2) is 0 Å². The summed E-state index contributed by atoms with van der Waals surface area (Å²) < 4.78 is 4.93. The predicted molar refractivity (Wildman–Crippen MR) is 98.8 cm³/mol. The van der Waals surface area contributed by atoms with Gasteiger partial charge in [0.1, 0.15) is 0 Å². The Balaban J connectivity index is 1.82. The predicted octanol–water partition coefficient (Wildman–Crippen LogP) is 2.50. The number of nitrogens with one attached hydrogen (secondary N) is 3. The number of amides is 2. The quantitative estimate of drug-likeness (QED) is 0.612. The Kier molecular flexibility index (Phi) is 7.46. The highest BCUT2D eigenvalue weighted by molar-refractivity contribution is 6.04. The van der Waals surface area contributed by atoms with Crippen LogP contribution in [0.5, 0.6) is 0 Å². The maximum Gasteiger partial charge on any atom is 0.255 e. The number of anilines is 2. The fourth-order valence-corrected chi connectivity index (χ4v) is 2.19. The van der Waals surface area contributed by atoms with Gasteiger partial charge in [-0.25, -0.2) is 0 Å². The van der Waals surface area contributed by atoms with Gasteiger partial charge in [0.25, 0.3) is 5.91 Å². The summed E-state index contributed by atoms with van der Waals surface area (Å²) in [5.74, 6) is -0.261. The number of carbonyl (C=O) groups is 2. The first-order valence-electron chi connectivity index (χ1n) is 8.15. The van der Waals surface area contributed by atoms with Gasteiger partial charge < -0.3 is 20.7 Å². The Labute approximate surface area is 147 Å². The Hall–Kier alpha value is -2.86. The molecule has 0 aliphatic carbocycles. The van der Waals surface area contributed by atoms with Crippen LogP contribution in [0.25, 0.3) is 0 Å². The van der Waals surface area contributed by atoms with Crippen molar-refractivity contribution in [1.82, 2.24) is 5.32 Å². The summed E-state index contributed by atoms with van der Waals surface area (Å²) in [5, 5.41) is 8.69. The zero-order valence-corrected chi connectivity index (χ0v) is 14.2. The molecule has 0 saturated heterocycles. The minimum absolute atomic E-state index is 0.0881. The van der Waals surface area contributed by atoms with Gasteiger partial charge in [0.05, 0.1) is 6.54 Å². The highest BCUT2D eigenvalue weighted by atomic mass is 16.5. The van der Waals surface area contributed by atoms with Crippen molar-refractivity contribution in [3.63, 3.8) is 0 Å². The van der Waals surface area contributed by atoms with Crippen molar-refractivity contribution in [2.75, 3.05) is 37.4 Å². The van der Waals surface area contributed by atoms with Crippen molar-refractivity contribution < 1.29 is 14.3 Å². The lowest BCUT2D eigenvalue weighted by Gasteiger charge is -2.10. The van der Waals surface area contributed by atoms with E-state index in [1.54, 1.807) is 31.4 Å². The molecule has 0 unspecified atom stereocenters. The number of hydrogen-bond donors (Lipinski definition) is 3. The van der Waals surface area contributed by atoms with E-state index in [9.17, 15) is 9.59 Å². The van der Waals surface area contributed by atoms with Gasteiger partial charge in [-0.1, -0.05) is 24.3 Å². The normalized spacial score (nSPS) is 10.1. The summed E-state index contributed by atoms with van der Waals surface area (Å²) in [4.78, 5) is 23.9. The molecule has 0 radical (unpaired) electrons. The second kappa shape index (κ2) is 10.1. The lowest BCUT2D eigenvalue weighted by atomic mass is 10.2. The van der Waals surface area contributed by atoms with Crippen LogP contribution < -0.4 is 16.0 Å². The molecular formula is C19H23N3O3. The van der Waals surface area contributed by atoms with E-state index in [1.807, 2.05) is 30.3 Å². The Bertz CT molecular complexity index is 689. The third-order valence-electron chi connectivity index (χ3n) is 3.46. The summed E-state index contributed by atoms with van der Waals surface area (Å²) in [7, 11) is 1.63. The molecule has 0 aliphatic rings. The highest BCUT2D eigenvalue weighted by Crippen LogP contribution is 2.16. The molecule has 2 aromatic rings. The second-order valence-corrected chi connectivity index (χ2v) is 5.45. The van der Waals surface area contributed by atoms with Gasteiger partial charge in [-0.3, -0.25) is 9.59 Å². The molecule has 3 N–H and O–H groups in total. The van der Waals surface area contributed by atoms with Gasteiger partial charge in [-0.2, -0.15) is 0 Å². The smallest absolute Gasteiger partial charge is 0.255 e. The first-order chi connectivity index (χ1) is 12.2. The Morgan fingerprint density at radius 1 is 1.00 bits per heavy atom.